The molecular formula is C16H21NO3. The summed E-state index contributed by atoms with van der Waals surface area (Å²) in [5.41, 5.74) is 1.03. The maximum atomic E-state index is 12.1. The van der Waals surface area contributed by atoms with Crippen molar-refractivity contribution >= 4 is 11.9 Å². The molecule has 1 aliphatic heterocycles. The molecule has 2 rings (SSSR count). The second-order valence-electron chi connectivity index (χ2n) is 5.37. The van der Waals surface area contributed by atoms with Crippen LogP contribution in [-0.4, -0.2) is 35.0 Å². The first-order valence-electron chi connectivity index (χ1n) is 7.20. The number of hydrogen-bond acceptors (Lipinski definition) is 2. The Bertz CT molecular complexity index is 498. The van der Waals surface area contributed by atoms with Crippen molar-refractivity contribution in [2.45, 2.75) is 32.6 Å². The van der Waals surface area contributed by atoms with E-state index in [1.807, 2.05) is 11.0 Å². The number of rotatable bonds is 5. The van der Waals surface area contributed by atoms with Gasteiger partial charge in [0.1, 0.15) is 0 Å². The fourth-order valence-electron chi connectivity index (χ4n) is 2.74. The number of carboxylic acids is 1. The molecule has 0 saturated carbocycles. The molecule has 0 bridgehead atoms. The summed E-state index contributed by atoms with van der Waals surface area (Å²) in [4.78, 5) is 25.2. The number of likely N-dealkylation sites (tertiary alicyclic amines) is 1. The molecule has 4 nitrogen and oxygen atoms in total. The van der Waals surface area contributed by atoms with Gasteiger partial charge in [0.25, 0.3) is 0 Å². The van der Waals surface area contributed by atoms with Crippen LogP contribution < -0.4 is 0 Å². The number of aryl methyl sites for hydroxylation is 1. The highest BCUT2D eigenvalue weighted by atomic mass is 16.4. The monoisotopic (exact) mass is 275 g/mol. The van der Waals surface area contributed by atoms with Gasteiger partial charge in [0.2, 0.25) is 5.91 Å². The predicted molar refractivity (Wildman–Crippen MR) is 76.7 cm³/mol. The first-order valence-corrected chi connectivity index (χ1v) is 7.20. The maximum absolute atomic E-state index is 12.1. The van der Waals surface area contributed by atoms with E-state index < -0.39 is 5.97 Å². The van der Waals surface area contributed by atoms with Gasteiger partial charge in [-0.3, -0.25) is 4.79 Å². The summed E-state index contributed by atoms with van der Waals surface area (Å²) < 4.78 is 0. The molecule has 0 spiro atoms. The first-order chi connectivity index (χ1) is 9.61. The molecule has 1 aliphatic rings. The molecule has 1 fully saturated rings. The lowest BCUT2D eigenvalue weighted by Gasteiger charge is -2.16. The van der Waals surface area contributed by atoms with Crippen LogP contribution in [0.3, 0.4) is 0 Å². The summed E-state index contributed by atoms with van der Waals surface area (Å²) in [6, 6.07) is 6.90. The van der Waals surface area contributed by atoms with E-state index in [0.29, 0.717) is 24.3 Å². The minimum atomic E-state index is -0.930. The second kappa shape index (κ2) is 6.55. The summed E-state index contributed by atoms with van der Waals surface area (Å²) in [6.45, 7) is 3.86. The number of hydrogen-bond donors (Lipinski definition) is 1. The Morgan fingerprint density at radius 3 is 2.75 bits per heavy atom. The van der Waals surface area contributed by atoms with Crippen LogP contribution in [0, 0.1) is 5.92 Å². The van der Waals surface area contributed by atoms with Crippen molar-refractivity contribution in [3.8, 4) is 0 Å². The van der Waals surface area contributed by atoms with Gasteiger partial charge in [-0.1, -0.05) is 31.5 Å². The first kappa shape index (κ1) is 14.6. The van der Waals surface area contributed by atoms with Gasteiger partial charge in [0.05, 0.1) is 5.56 Å². The number of carbonyl (C=O) groups excluding carboxylic acids is 1. The molecule has 4 heteroatoms. The Morgan fingerprint density at radius 2 is 2.10 bits per heavy atom. The largest absolute Gasteiger partial charge is 0.478 e. The molecule has 108 valence electrons. The van der Waals surface area contributed by atoms with Crippen molar-refractivity contribution in [3.63, 3.8) is 0 Å². The van der Waals surface area contributed by atoms with E-state index >= 15 is 0 Å². The number of benzene rings is 1. The van der Waals surface area contributed by atoms with Crippen LogP contribution in [0.2, 0.25) is 0 Å². The zero-order chi connectivity index (χ0) is 14.5. The Hall–Kier alpha value is -1.84. The molecular weight excluding hydrogens is 254 g/mol. The van der Waals surface area contributed by atoms with Gasteiger partial charge in [-0.2, -0.15) is 0 Å². The quantitative estimate of drug-likeness (QED) is 0.898. The molecule has 1 saturated heterocycles. The fourth-order valence-corrected chi connectivity index (χ4v) is 2.74. The van der Waals surface area contributed by atoms with Crippen LogP contribution in [0.25, 0.3) is 0 Å². The smallest absolute Gasteiger partial charge is 0.335 e. The van der Waals surface area contributed by atoms with Gasteiger partial charge in [0, 0.05) is 19.5 Å². The Kier molecular flexibility index (Phi) is 4.77. The summed E-state index contributed by atoms with van der Waals surface area (Å²) in [5.74, 6) is -0.160. The Balaban J connectivity index is 1.92. The summed E-state index contributed by atoms with van der Waals surface area (Å²) in [7, 11) is 0. The van der Waals surface area contributed by atoms with Crippen molar-refractivity contribution in [2.75, 3.05) is 13.1 Å². The highest BCUT2D eigenvalue weighted by molar-refractivity contribution is 5.89. The lowest BCUT2D eigenvalue weighted by atomic mass is 10.0. The molecule has 1 heterocycles. The van der Waals surface area contributed by atoms with Crippen LogP contribution >= 0.6 is 0 Å². The topological polar surface area (TPSA) is 57.6 Å². The van der Waals surface area contributed by atoms with Crippen LogP contribution in [-0.2, 0) is 11.2 Å². The number of nitrogens with zero attached hydrogens (tertiary/aromatic N) is 1. The molecule has 1 unspecified atom stereocenters. The predicted octanol–water partition coefficient (Wildman–Crippen LogP) is 2.58. The molecule has 0 radical (unpaired) electrons. The number of carboxylic acid groups (broad SMARTS) is 1. The normalized spacial score (nSPS) is 18.2. The minimum absolute atomic E-state index is 0.140. The van der Waals surface area contributed by atoms with Crippen molar-refractivity contribution in [1.29, 1.82) is 0 Å². The average molecular weight is 275 g/mol. The van der Waals surface area contributed by atoms with E-state index in [2.05, 4.69) is 6.92 Å². The fraction of sp³-hybridized carbons (Fsp3) is 0.500. The molecule has 20 heavy (non-hydrogen) atoms. The SMILES string of the molecule is CCC1CCN(C(=O)CCc2ccccc2C(=O)O)C1. The van der Waals surface area contributed by atoms with Crippen LogP contribution in [0.15, 0.2) is 24.3 Å². The zero-order valence-corrected chi connectivity index (χ0v) is 11.8. The third-order valence-electron chi connectivity index (χ3n) is 4.07. The maximum Gasteiger partial charge on any atom is 0.335 e. The summed E-state index contributed by atoms with van der Waals surface area (Å²) in [6.07, 6.45) is 3.09. The van der Waals surface area contributed by atoms with Gasteiger partial charge in [0.15, 0.2) is 0 Å². The second-order valence-corrected chi connectivity index (χ2v) is 5.37. The van der Waals surface area contributed by atoms with E-state index in [1.165, 1.54) is 0 Å². The van der Waals surface area contributed by atoms with Crippen molar-refractivity contribution < 1.29 is 14.7 Å². The van der Waals surface area contributed by atoms with Gasteiger partial charge in [-0.15, -0.1) is 0 Å². The zero-order valence-electron chi connectivity index (χ0n) is 11.8. The highest BCUT2D eigenvalue weighted by Gasteiger charge is 2.24. The Morgan fingerprint density at radius 1 is 1.35 bits per heavy atom. The highest BCUT2D eigenvalue weighted by Crippen LogP contribution is 2.20. The standard InChI is InChI=1S/C16H21NO3/c1-2-12-9-10-17(11-12)15(18)8-7-13-5-3-4-6-14(13)16(19)20/h3-6,12H,2,7-11H2,1H3,(H,19,20). The van der Waals surface area contributed by atoms with E-state index in [-0.39, 0.29) is 5.91 Å². The summed E-state index contributed by atoms with van der Waals surface area (Å²) in [5, 5.41) is 9.11. The van der Waals surface area contributed by atoms with Crippen LogP contribution in [0.5, 0.6) is 0 Å². The third kappa shape index (κ3) is 3.38. The number of amides is 1. The van der Waals surface area contributed by atoms with Crippen molar-refractivity contribution in [3.05, 3.63) is 35.4 Å². The van der Waals surface area contributed by atoms with Crippen LogP contribution in [0.4, 0.5) is 0 Å². The molecule has 1 aromatic carbocycles. The number of aromatic carboxylic acids is 1. The molecule has 0 aliphatic carbocycles. The lowest BCUT2D eigenvalue weighted by molar-refractivity contribution is -0.130. The lowest BCUT2D eigenvalue weighted by Crippen LogP contribution is -2.28. The third-order valence-corrected chi connectivity index (χ3v) is 4.07. The number of carbonyl (C=O) groups is 2. The van der Waals surface area contributed by atoms with Crippen molar-refractivity contribution in [2.24, 2.45) is 5.92 Å². The van der Waals surface area contributed by atoms with E-state index in [9.17, 15) is 9.59 Å². The van der Waals surface area contributed by atoms with Gasteiger partial charge in [-0.05, 0) is 30.4 Å². The average Bonchev–Trinajstić information content (AvgIpc) is 2.94. The van der Waals surface area contributed by atoms with E-state index in [4.69, 9.17) is 5.11 Å². The summed E-state index contributed by atoms with van der Waals surface area (Å²) >= 11 is 0. The van der Waals surface area contributed by atoms with Crippen LogP contribution in [0.1, 0.15) is 42.1 Å². The molecule has 1 N–H and O–H groups in total. The Labute approximate surface area is 119 Å². The molecule has 1 aromatic rings. The van der Waals surface area contributed by atoms with Crippen molar-refractivity contribution in [1.82, 2.24) is 4.90 Å². The van der Waals surface area contributed by atoms with Gasteiger partial charge >= 0.3 is 5.97 Å². The van der Waals surface area contributed by atoms with Gasteiger partial charge < -0.3 is 10.0 Å². The van der Waals surface area contributed by atoms with E-state index in [0.717, 1.165) is 31.5 Å². The molecule has 0 aromatic heterocycles. The van der Waals surface area contributed by atoms with E-state index in [1.54, 1.807) is 18.2 Å². The molecule has 1 atom stereocenters. The molecule has 1 amide bonds. The minimum Gasteiger partial charge on any atom is -0.478 e. The van der Waals surface area contributed by atoms with Gasteiger partial charge in [-0.25, -0.2) is 4.79 Å².